The molecule has 4 heterocycles. The Bertz CT molecular complexity index is 2330. The Morgan fingerprint density at radius 3 is 2.28 bits per heavy atom. The van der Waals surface area contributed by atoms with Crippen LogP contribution in [0.25, 0.3) is 62.3 Å². The Kier molecular flexibility index (Phi) is 5.13. The smallest absolute Gasteiger partial charge is 0.227 e. The summed E-state index contributed by atoms with van der Waals surface area (Å²) in [6.07, 6.45) is 6.23. The maximum atomic E-state index is 6.18. The van der Waals surface area contributed by atoms with Crippen LogP contribution in [0.5, 0.6) is 0 Å². The van der Waals surface area contributed by atoms with E-state index in [0.29, 0.717) is 5.89 Å². The van der Waals surface area contributed by atoms with Gasteiger partial charge in [-0.1, -0.05) is 78.9 Å². The fraction of sp³-hybridized carbons (Fsp3) is 0. The van der Waals surface area contributed by atoms with Crippen molar-refractivity contribution in [1.82, 2.24) is 14.5 Å². The average molecular weight is 553 g/mol. The van der Waals surface area contributed by atoms with Crippen molar-refractivity contribution < 1.29 is 4.42 Å². The molecular weight excluding hydrogens is 528 g/mol. The summed E-state index contributed by atoms with van der Waals surface area (Å²) in [6, 6.07) is 44.1. The summed E-state index contributed by atoms with van der Waals surface area (Å²) >= 11 is 0. The molecule has 0 bridgehead atoms. The fourth-order valence-corrected chi connectivity index (χ4v) is 6.26. The lowest BCUT2D eigenvalue weighted by molar-refractivity contribution is 0.620. The highest BCUT2D eigenvalue weighted by molar-refractivity contribution is 6.10. The highest BCUT2D eigenvalue weighted by Gasteiger charge is 2.23. The quantitative estimate of drug-likeness (QED) is 0.219. The number of nitrogens with zero attached hydrogens (tertiary/aromatic N) is 4. The van der Waals surface area contributed by atoms with Crippen LogP contribution in [0, 0.1) is 0 Å². The second-order valence-corrected chi connectivity index (χ2v) is 10.7. The van der Waals surface area contributed by atoms with Crippen molar-refractivity contribution in [1.29, 1.82) is 0 Å². The van der Waals surface area contributed by atoms with Crippen LogP contribution in [0.2, 0.25) is 0 Å². The summed E-state index contributed by atoms with van der Waals surface area (Å²) in [4.78, 5) is 11.9. The molecular formula is C38H24N4O. The van der Waals surface area contributed by atoms with Crippen LogP contribution in [-0.4, -0.2) is 14.5 Å². The molecule has 0 N–H and O–H groups in total. The van der Waals surface area contributed by atoms with Gasteiger partial charge in [-0.15, -0.1) is 0 Å². The topological polar surface area (TPSA) is 47.1 Å². The third-order valence-corrected chi connectivity index (χ3v) is 8.23. The Morgan fingerprint density at radius 1 is 0.581 bits per heavy atom. The second kappa shape index (κ2) is 9.29. The van der Waals surface area contributed by atoms with Gasteiger partial charge in [0.05, 0.1) is 22.4 Å². The van der Waals surface area contributed by atoms with Gasteiger partial charge in [0.15, 0.2) is 5.58 Å². The van der Waals surface area contributed by atoms with Crippen LogP contribution in [0.1, 0.15) is 11.1 Å². The van der Waals surface area contributed by atoms with Crippen molar-refractivity contribution in [2.45, 2.75) is 0 Å². The first-order valence-corrected chi connectivity index (χ1v) is 14.3. The van der Waals surface area contributed by atoms with Crippen molar-refractivity contribution in [2.75, 3.05) is 4.90 Å². The van der Waals surface area contributed by atoms with E-state index in [1.165, 1.54) is 10.8 Å². The summed E-state index contributed by atoms with van der Waals surface area (Å²) in [5.41, 5.74) is 10.3. The molecule has 5 aromatic carbocycles. The predicted molar refractivity (Wildman–Crippen MR) is 175 cm³/mol. The molecule has 3 aromatic heterocycles. The number of fused-ring (bicyclic) bond motifs is 6. The van der Waals surface area contributed by atoms with Crippen LogP contribution in [0.3, 0.4) is 0 Å². The van der Waals surface area contributed by atoms with Gasteiger partial charge in [0.1, 0.15) is 11.3 Å². The zero-order chi connectivity index (χ0) is 28.3. The Morgan fingerprint density at radius 2 is 1.37 bits per heavy atom. The van der Waals surface area contributed by atoms with Gasteiger partial charge in [0, 0.05) is 28.2 Å². The Hall–Kier alpha value is -5.94. The first-order chi connectivity index (χ1) is 21.3. The van der Waals surface area contributed by atoms with Gasteiger partial charge in [-0.25, -0.2) is 9.97 Å². The molecule has 5 nitrogen and oxygen atoms in total. The summed E-state index contributed by atoms with van der Waals surface area (Å²) in [7, 11) is 0. The van der Waals surface area contributed by atoms with Crippen molar-refractivity contribution >= 4 is 62.1 Å². The highest BCUT2D eigenvalue weighted by Crippen LogP contribution is 2.45. The molecule has 0 saturated carbocycles. The first-order valence-electron chi connectivity index (χ1n) is 14.3. The van der Waals surface area contributed by atoms with Crippen LogP contribution in [0.15, 0.2) is 138 Å². The second-order valence-electron chi connectivity index (χ2n) is 10.7. The van der Waals surface area contributed by atoms with E-state index in [1.54, 1.807) is 0 Å². The molecule has 8 aromatic rings. The van der Waals surface area contributed by atoms with Gasteiger partial charge in [-0.2, -0.15) is 0 Å². The number of anilines is 3. The van der Waals surface area contributed by atoms with Crippen LogP contribution >= 0.6 is 0 Å². The molecule has 0 fully saturated rings. The molecule has 0 radical (unpaired) electrons. The van der Waals surface area contributed by atoms with E-state index in [0.717, 1.165) is 61.7 Å². The summed E-state index contributed by atoms with van der Waals surface area (Å²) < 4.78 is 8.44. The van der Waals surface area contributed by atoms with Crippen molar-refractivity contribution in [3.05, 3.63) is 145 Å². The largest absolute Gasteiger partial charge is 0.436 e. The van der Waals surface area contributed by atoms with Crippen LogP contribution in [-0.2, 0) is 0 Å². The van der Waals surface area contributed by atoms with E-state index in [9.17, 15) is 0 Å². The third-order valence-electron chi connectivity index (χ3n) is 8.23. The highest BCUT2D eigenvalue weighted by atomic mass is 16.3. The molecule has 0 atom stereocenters. The maximum absolute atomic E-state index is 6.18. The summed E-state index contributed by atoms with van der Waals surface area (Å²) in [5.74, 6) is 1.50. The molecule has 1 aliphatic rings. The molecule has 0 spiro atoms. The van der Waals surface area contributed by atoms with Crippen LogP contribution in [0.4, 0.5) is 17.1 Å². The number of benzene rings is 5. The van der Waals surface area contributed by atoms with Crippen LogP contribution < -0.4 is 4.90 Å². The van der Waals surface area contributed by atoms with Crippen molar-refractivity contribution in [3.8, 4) is 17.3 Å². The van der Waals surface area contributed by atoms with Gasteiger partial charge >= 0.3 is 0 Å². The number of aromatic nitrogens is 3. The molecule has 202 valence electrons. The van der Waals surface area contributed by atoms with E-state index in [2.05, 4.69) is 113 Å². The molecule has 1 aliphatic heterocycles. The zero-order valence-corrected chi connectivity index (χ0v) is 23.1. The van der Waals surface area contributed by atoms with E-state index >= 15 is 0 Å². The van der Waals surface area contributed by atoms with E-state index in [1.807, 2.05) is 42.6 Å². The number of para-hydroxylation sites is 4. The fourth-order valence-electron chi connectivity index (χ4n) is 6.26. The minimum atomic E-state index is 0.608. The normalized spacial score (nSPS) is 12.5. The maximum Gasteiger partial charge on any atom is 0.227 e. The lowest BCUT2D eigenvalue weighted by Crippen LogP contribution is -2.12. The lowest BCUT2D eigenvalue weighted by atomic mass is 10.1. The Labute approximate surface area is 247 Å². The minimum absolute atomic E-state index is 0.608. The minimum Gasteiger partial charge on any atom is -0.436 e. The molecule has 5 heteroatoms. The van der Waals surface area contributed by atoms with E-state index in [4.69, 9.17) is 14.4 Å². The number of hydrogen-bond acceptors (Lipinski definition) is 4. The van der Waals surface area contributed by atoms with Gasteiger partial charge in [0.2, 0.25) is 5.89 Å². The number of pyridine rings is 1. The SMILES string of the molecule is C1=Cc2ccc(-c3nc4ccccc4o3)cc2N(c2ccc3c4ccccc4n(-c4ccccn4)c3c2)c2ccccc21. The summed E-state index contributed by atoms with van der Waals surface area (Å²) in [5, 5.41) is 2.39. The molecule has 0 unspecified atom stereocenters. The molecule has 0 aliphatic carbocycles. The average Bonchev–Trinajstić information content (AvgIpc) is 3.59. The zero-order valence-electron chi connectivity index (χ0n) is 23.1. The van der Waals surface area contributed by atoms with E-state index < -0.39 is 0 Å². The summed E-state index contributed by atoms with van der Waals surface area (Å²) in [6.45, 7) is 0. The number of hydrogen-bond donors (Lipinski definition) is 0. The molecule has 43 heavy (non-hydrogen) atoms. The van der Waals surface area contributed by atoms with E-state index in [-0.39, 0.29) is 0 Å². The lowest BCUT2D eigenvalue weighted by Gasteiger charge is -2.27. The van der Waals surface area contributed by atoms with Gasteiger partial charge < -0.3 is 9.32 Å². The molecule has 0 amide bonds. The predicted octanol–water partition coefficient (Wildman–Crippen LogP) is 9.94. The Balaban J connectivity index is 1.30. The number of rotatable bonds is 3. The van der Waals surface area contributed by atoms with Crippen molar-refractivity contribution in [2.24, 2.45) is 0 Å². The number of oxazole rings is 1. The first kappa shape index (κ1) is 23.7. The third kappa shape index (κ3) is 3.72. The molecule has 9 rings (SSSR count). The van der Waals surface area contributed by atoms with Gasteiger partial charge in [-0.05, 0) is 71.8 Å². The molecule has 0 saturated heterocycles. The standard InChI is InChI=1S/C38H24N4O/c1-4-12-32-25(9-1)16-17-26-18-19-27(38-40-31-11-3-6-14-36(31)43-38)23-34(26)41(32)28-20-21-30-29-10-2-5-13-33(29)42(35(30)24-28)37-15-7-8-22-39-37/h1-24H. The van der Waals surface area contributed by atoms with Gasteiger partial charge in [0.25, 0.3) is 0 Å². The monoisotopic (exact) mass is 552 g/mol. The van der Waals surface area contributed by atoms with Crippen molar-refractivity contribution in [3.63, 3.8) is 0 Å². The van der Waals surface area contributed by atoms with Gasteiger partial charge in [-0.3, -0.25) is 4.57 Å².